The second-order valence-corrected chi connectivity index (χ2v) is 7.73. The van der Waals surface area contributed by atoms with E-state index in [2.05, 4.69) is 15.3 Å². The molecule has 1 aromatic heterocycles. The molecule has 1 N–H and O–H groups in total. The number of anilines is 1. The van der Waals surface area contributed by atoms with Gasteiger partial charge in [-0.15, -0.1) is 0 Å². The fourth-order valence-electron chi connectivity index (χ4n) is 4.03. The Morgan fingerprint density at radius 3 is 2.47 bits per heavy atom. The van der Waals surface area contributed by atoms with Gasteiger partial charge in [0.15, 0.2) is 0 Å². The number of hydrogen-bond donors (Lipinski definition) is 1. The van der Waals surface area contributed by atoms with E-state index in [9.17, 15) is 9.59 Å². The van der Waals surface area contributed by atoms with Crippen LogP contribution < -0.4 is 19.7 Å². The van der Waals surface area contributed by atoms with Crippen LogP contribution in [0, 0.1) is 5.92 Å². The van der Waals surface area contributed by atoms with Crippen molar-refractivity contribution >= 4 is 17.5 Å². The Kier molecular flexibility index (Phi) is 6.11. The van der Waals surface area contributed by atoms with E-state index in [4.69, 9.17) is 9.47 Å². The van der Waals surface area contributed by atoms with Crippen LogP contribution in [-0.2, 0) is 9.59 Å². The van der Waals surface area contributed by atoms with Crippen molar-refractivity contribution in [3.05, 3.63) is 42.7 Å². The minimum atomic E-state index is -0.328. The Hall–Kier alpha value is -3.16. The van der Waals surface area contributed by atoms with Crippen LogP contribution in [0.3, 0.4) is 0 Å². The summed E-state index contributed by atoms with van der Waals surface area (Å²) >= 11 is 0. The van der Waals surface area contributed by atoms with Gasteiger partial charge in [0.25, 0.3) is 0 Å². The lowest BCUT2D eigenvalue weighted by molar-refractivity contribution is -0.127. The molecule has 4 rings (SSSR count). The molecule has 1 aliphatic carbocycles. The lowest BCUT2D eigenvalue weighted by Crippen LogP contribution is -2.43. The standard InChI is InChI=1S/C22H26N4O4/c1-29-18-9-5-17(6-10-18)26-14-15(13-20(26)27)21(28)25-16-3-7-19(8-4-16)30-22-23-11-2-12-24-22/h2,5-6,9-12,15-16,19H,3-4,7-8,13-14H2,1H3,(H,25,28). The van der Waals surface area contributed by atoms with Gasteiger partial charge in [-0.05, 0) is 56.0 Å². The quantitative estimate of drug-likeness (QED) is 0.786. The normalized spacial score (nSPS) is 23.8. The minimum Gasteiger partial charge on any atom is -0.497 e. The van der Waals surface area contributed by atoms with Crippen molar-refractivity contribution in [1.29, 1.82) is 0 Å². The fourth-order valence-corrected chi connectivity index (χ4v) is 4.03. The average molecular weight is 410 g/mol. The maximum absolute atomic E-state index is 12.7. The Bertz CT molecular complexity index is 866. The summed E-state index contributed by atoms with van der Waals surface area (Å²) in [5, 5.41) is 3.13. The summed E-state index contributed by atoms with van der Waals surface area (Å²) in [5.41, 5.74) is 0.789. The van der Waals surface area contributed by atoms with Crippen LogP contribution in [0.5, 0.6) is 11.8 Å². The van der Waals surface area contributed by atoms with Gasteiger partial charge in [0.2, 0.25) is 11.8 Å². The molecule has 1 atom stereocenters. The number of nitrogens with one attached hydrogen (secondary N) is 1. The van der Waals surface area contributed by atoms with Crippen LogP contribution in [0.25, 0.3) is 0 Å². The number of carbonyl (C=O) groups excluding carboxylic acids is 2. The number of hydrogen-bond acceptors (Lipinski definition) is 6. The first kappa shape index (κ1) is 20.1. The Labute approximate surface area is 175 Å². The van der Waals surface area contributed by atoms with Crippen molar-refractivity contribution in [2.24, 2.45) is 5.92 Å². The van der Waals surface area contributed by atoms with Gasteiger partial charge >= 0.3 is 6.01 Å². The predicted octanol–water partition coefficient (Wildman–Crippen LogP) is 2.34. The number of carbonyl (C=O) groups is 2. The summed E-state index contributed by atoms with van der Waals surface area (Å²) < 4.78 is 11.0. The van der Waals surface area contributed by atoms with Crippen molar-refractivity contribution in [3.63, 3.8) is 0 Å². The van der Waals surface area contributed by atoms with E-state index in [-0.39, 0.29) is 36.3 Å². The van der Waals surface area contributed by atoms with Crippen LogP contribution in [0.1, 0.15) is 32.1 Å². The van der Waals surface area contributed by atoms with Crippen LogP contribution in [0.2, 0.25) is 0 Å². The monoisotopic (exact) mass is 410 g/mol. The second-order valence-electron chi connectivity index (χ2n) is 7.73. The largest absolute Gasteiger partial charge is 0.497 e. The lowest BCUT2D eigenvalue weighted by atomic mass is 9.92. The number of aromatic nitrogens is 2. The molecule has 158 valence electrons. The van der Waals surface area contributed by atoms with Gasteiger partial charge in [-0.25, -0.2) is 9.97 Å². The molecule has 1 unspecified atom stereocenters. The maximum Gasteiger partial charge on any atom is 0.316 e. The molecule has 2 fully saturated rings. The molecule has 30 heavy (non-hydrogen) atoms. The summed E-state index contributed by atoms with van der Waals surface area (Å²) in [6.45, 7) is 0.404. The zero-order valence-corrected chi connectivity index (χ0v) is 17.0. The van der Waals surface area contributed by atoms with Crippen molar-refractivity contribution in [3.8, 4) is 11.8 Å². The molecule has 8 heteroatoms. The van der Waals surface area contributed by atoms with Crippen molar-refractivity contribution in [2.45, 2.75) is 44.2 Å². The molecule has 1 aliphatic heterocycles. The maximum atomic E-state index is 12.7. The number of nitrogens with zero attached hydrogens (tertiary/aromatic N) is 3. The Morgan fingerprint density at radius 2 is 1.80 bits per heavy atom. The highest BCUT2D eigenvalue weighted by Gasteiger charge is 2.36. The van der Waals surface area contributed by atoms with E-state index in [1.807, 2.05) is 24.3 Å². The molecule has 2 heterocycles. The summed E-state index contributed by atoms with van der Waals surface area (Å²) in [4.78, 5) is 35.1. The second kappa shape index (κ2) is 9.11. The third-order valence-electron chi connectivity index (χ3n) is 5.71. The first-order valence-electron chi connectivity index (χ1n) is 10.3. The topological polar surface area (TPSA) is 93.7 Å². The molecule has 0 spiro atoms. The van der Waals surface area contributed by atoms with E-state index < -0.39 is 0 Å². The van der Waals surface area contributed by atoms with E-state index in [1.54, 1.807) is 30.5 Å². The molecule has 0 radical (unpaired) electrons. The molecular formula is C22H26N4O4. The molecule has 1 saturated heterocycles. The van der Waals surface area contributed by atoms with Crippen LogP contribution in [-0.4, -0.2) is 47.6 Å². The van der Waals surface area contributed by atoms with E-state index in [0.717, 1.165) is 37.1 Å². The van der Waals surface area contributed by atoms with Gasteiger partial charge in [0, 0.05) is 37.1 Å². The summed E-state index contributed by atoms with van der Waals surface area (Å²) in [7, 11) is 1.60. The van der Waals surface area contributed by atoms with Gasteiger partial charge in [0.05, 0.1) is 13.0 Å². The highest BCUT2D eigenvalue weighted by atomic mass is 16.5. The first-order chi connectivity index (χ1) is 14.6. The SMILES string of the molecule is COc1ccc(N2CC(C(=O)NC3CCC(Oc4ncccn4)CC3)CC2=O)cc1. The number of ether oxygens (including phenoxy) is 2. The van der Waals surface area contributed by atoms with Crippen LogP contribution in [0.4, 0.5) is 5.69 Å². The summed E-state index contributed by atoms with van der Waals surface area (Å²) in [6, 6.07) is 9.58. The van der Waals surface area contributed by atoms with E-state index in [0.29, 0.717) is 12.6 Å². The molecule has 2 aliphatic rings. The summed E-state index contributed by atoms with van der Waals surface area (Å²) in [5.74, 6) is 0.333. The molecule has 1 saturated carbocycles. The molecule has 8 nitrogen and oxygen atoms in total. The average Bonchev–Trinajstić information content (AvgIpc) is 3.18. The predicted molar refractivity (Wildman–Crippen MR) is 110 cm³/mol. The number of rotatable bonds is 6. The molecule has 2 aromatic rings. The lowest BCUT2D eigenvalue weighted by Gasteiger charge is -2.29. The van der Waals surface area contributed by atoms with Crippen LogP contribution in [0.15, 0.2) is 42.7 Å². The number of amides is 2. The third-order valence-corrected chi connectivity index (χ3v) is 5.71. The smallest absolute Gasteiger partial charge is 0.316 e. The van der Waals surface area contributed by atoms with Gasteiger partial charge < -0.3 is 19.7 Å². The number of methoxy groups -OCH3 is 1. The highest BCUT2D eigenvalue weighted by Crippen LogP contribution is 2.28. The first-order valence-corrected chi connectivity index (χ1v) is 10.3. The molecule has 2 amide bonds. The van der Waals surface area contributed by atoms with Crippen molar-refractivity contribution < 1.29 is 19.1 Å². The molecular weight excluding hydrogens is 384 g/mol. The third kappa shape index (κ3) is 4.69. The van der Waals surface area contributed by atoms with Crippen LogP contribution >= 0.6 is 0 Å². The highest BCUT2D eigenvalue weighted by molar-refractivity contribution is 6.00. The van der Waals surface area contributed by atoms with E-state index in [1.165, 1.54) is 0 Å². The Morgan fingerprint density at radius 1 is 1.10 bits per heavy atom. The number of benzene rings is 1. The van der Waals surface area contributed by atoms with Gasteiger partial charge in [-0.3, -0.25) is 9.59 Å². The van der Waals surface area contributed by atoms with Gasteiger partial charge in [-0.2, -0.15) is 0 Å². The van der Waals surface area contributed by atoms with Gasteiger partial charge in [-0.1, -0.05) is 0 Å². The zero-order valence-electron chi connectivity index (χ0n) is 17.0. The fraction of sp³-hybridized carbons (Fsp3) is 0.455. The van der Waals surface area contributed by atoms with Crippen molar-refractivity contribution in [1.82, 2.24) is 15.3 Å². The Balaban J connectivity index is 1.26. The minimum absolute atomic E-state index is 0.0275. The molecule has 0 bridgehead atoms. The van der Waals surface area contributed by atoms with E-state index >= 15 is 0 Å². The molecule has 1 aromatic carbocycles. The van der Waals surface area contributed by atoms with Gasteiger partial charge in [0.1, 0.15) is 11.9 Å². The zero-order chi connectivity index (χ0) is 20.9. The summed E-state index contributed by atoms with van der Waals surface area (Å²) in [6.07, 6.45) is 6.98. The van der Waals surface area contributed by atoms with Crippen molar-refractivity contribution in [2.75, 3.05) is 18.6 Å².